The molecule has 0 spiro atoms. The lowest BCUT2D eigenvalue weighted by Crippen LogP contribution is -2.15. The van der Waals surface area contributed by atoms with Gasteiger partial charge in [-0.05, 0) is 36.3 Å². The number of hydrogen-bond donors (Lipinski definition) is 2. The SMILES string of the molecule is S=c1[nH]nc(NCCc2ccc3c(c2)OCCO3)s1. The van der Waals surface area contributed by atoms with Gasteiger partial charge in [0.2, 0.25) is 5.13 Å². The van der Waals surface area contributed by atoms with Gasteiger partial charge in [-0.25, -0.2) is 0 Å². The van der Waals surface area contributed by atoms with E-state index in [-0.39, 0.29) is 0 Å². The van der Waals surface area contributed by atoms with Gasteiger partial charge in [0.25, 0.3) is 0 Å². The van der Waals surface area contributed by atoms with Crippen LogP contribution in [0.3, 0.4) is 0 Å². The van der Waals surface area contributed by atoms with Crippen molar-refractivity contribution in [3.05, 3.63) is 27.7 Å². The topological polar surface area (TPSA) is 59.2 Å². The van der Waals surface area contributed by atoms with Crippen LogP contribution in [0.4, 0.5) is 5.13 Å². The fourth-order valence-corrected chi connectivity index (χ4v) is 2.68. The Hall–Kier alpha value is -1.60. The molecule has 2 heterocycles. The molecule has 1 aromatic heterocycles. The minimum atomic E-state index is 0.616. The first-order chi connectivity index (χ1) is 9.31. The second kappa shape index (κ2) is 5.58. The number of aromatic nitrogens is 2. The number of rotatable bonds is 4. The molecule has 100 valence electrons. The molecule has 7 heteroatoms. The van der Waals surface area contributed by atoms with Crippen LogP contribution >= 0.6 is 23.6 Å². The third-order valence-electron chi connectivity index (χ3n) is 2.73. The summed E-state index contributed by atoms with van der Waals surface area (Å²) in [6, 6.07) is 6.05. The Balaban J connectivity index is 1.59. The van der Waals surface area contributed by atoms with Crippen molar-refractivity contribution in [2.24, 2.45) is 0 Å². The fourth-order valence-electron chi connectivity index (χ4n) is 1.86. The van der Waals surface area contributed by atoms with E-state index in [1.807, 2.05) is 12.1 Å². The van der Waals surface area contributed by atoms with Crippen molar-refractivity contribution < 1.29 is 9.47 Å². The van der Waals surface area contributed by atoms with Crippen LogP contribution in [0.25, 0.3) is 0 Å². The number of hydrogen-bond acceptors (Lipinski definition) is 6. The minimum absolute atomic E-state index is 0.616. The molecule has 0 unspecified atom stereocenters. The number of H-pyrrole nitrogens is 1. The Kier molecular flexibility index (Phi) is 3.65. The highest BCUT2D eigenvalue weighted by Crippen LogP contribution is 2.30. The molecule has 0 saturated carbocycles. The fraction of sp³-hybridized carbons (Fsp3) is 0.333. The van der Waals surface area contributed by atoms with Crippen LogP contribution in [0, 0.1) is 3.95 Å². The first-order valence-electron chi connectivity index (χ1n) is 5.99. The monoisotopic (exact) mass is 295 g/mol. The van der Waals surface area contributed by atoms with E-state index < -0.39 is 0 Å². The molecule has 19 heavy (non-hydrogen) atoms. The molecule has 0 bridgehead atoms. The predicted molar refractivity (Wildman–Crippen MR) is 76.9 cm³/mol. The summed E-state index contributed by atoms with van der Waals surface area (Å²) in [7, 11) is 0. The number of anilines is 1. The molecule has 0 fully saturated rings. The lowest BCUT2D eigenvalue weighted by Gasteiger charge is -2.18. The van der Waals surface area contributed by atoms with Gasteiger partial charge < -0.3 is 14.8 Å². The van der Waals surface area contributed by atoms with Gasteiger partial charge in [-0.15, -0.1) is 5.10 Å². The highest BCUT2D eigenvalue weighted by molar-refractivity contribution is 7.73. The van der Waals surface area contributed by atoms with E-state index >= 15 is 0 Å². The summed E-state index contributed by atoms with van der Waals surface area (Å²) in [6.07, 6.45) is 0.892. The Labute approximate surface area is 119 Å². The quantitative estimate of drug-likeness (QED) is 0.849. The molecular weight excluding hydrogens is 282 g/mol. The van der Waals surface area contributed by atoms with E-state index in [0.717, 1.165) is 29.6 Å². The van der Waals surface area contributed by atoms with Crippen LogP contribution in [0.1, 0.15) is 5.56 Å². The summed E-state index contributed by atoms with van der Waals surface area (Å²) in [5.41, 5.74) is 1.20. The summed E-state index contributed by atoms with van der Waals surface area (Å²) in [5, 5.41) is 10.8. The van der Waals surface area contributed by atoms with E-state index in [9.17, 15) is 0 Å². The summed E-state index contributed by atoms with van der Waals surface area (Å²) in [6.45, 7) is 2.04. The Morgan fingerprint density at radius 3 is 2.95 bits per heavy atom. The van der Waals surface area contributed by atoms with Gasteiger partial charge in [-0.1, -0.05) is 17.4 Å². The first kappa shape index (κ1) is 12.4. The minimum Gasteiger partial charge on any atom is -0.486 e. The van der Waals surface area contributed by atoms with Crippen LogP contribution < -0.4 is 14.8 Å². The zero-order chi connectivity index (χ0) is 13.1. The molecule has 0 radical (unpaired) electrons. The summed E-state index contributed by atoms with van der Waals surface area (Å²) >= 11 is 6.41. The van der Waals surface area contributed by atoms with E-state index in [1.165, 1.54) is 16.9 Å². The van der Waals surface area contributed by atoms with Crippen molar-refractivity contribution in [1.29, 1.82) is 0 Å². The van der Waals surface area contributed by atoms with Gasteiger partial charge in [0, 0.05) is 6.54 Å². The van der Waals surface area contributed by atoms with Crippen LogP contribution in [-0.2, 0) is 6.42 Å². The summed E-state index contributed by atoms with van der Waals surface area (Å²) in [4.78, 5) is 0. The average Bonchev–Trinajstić information content (AvgIpc) is 2.84. The summed E-state index contributed by atoms with van der Waals surface area (Å²) < 4.78 is 11.7. The highest BCUT2D eigenvalue weighted by atomic mass is 32.1. The maximum Gasteiger partial charge on any atom is 0.204 e. The lowest BCUT2D eigenvalue weighted by molar-refractivity contribution is 0.171. The number of ether oxygens (including phenoxy) is 2. The molecule has 1 aromatic carbocycles. The van der Waals surface area contributed by atoms with Crippen molar-refractivity contribution in [1.82, 2.24) is 10.2 Å². The van der Waals surface area contributed by atoms with Gasteiger partial charge in [0.05, 0.1) is 0 Å². The molecule has 0 amide bonds. The molecular formula is C12H13N3O2S2. The van der Waals surface area contributed by atoms with E-state index in [2.05, 4.69) is 21.6 Å². The number of fused-ring (bicyclic) bond motifs is 1. The van der Waals surface area contributed by atoms with Gasteiger partial charge in [-0.2, -0.15) is 0 Å². The molecule has 1 aliphatic rings. The molecule has 2 aromatic rings. The third kappa shape index (κ3) is 3.05. The molecule has 2 N–H and O–H groups in total. The molecule has 0 aliphatic carbocycles. The standard InChI is InChI=1S/C12H13N3O2S2/c18-12-15-14-11(19-12)13-4-3-8-1-2-9-10(7-8)17-6-5-16-9/h1-2,7H,3-6H2,(H,13,14)(H,15,18). The summed E-state index contributed by atoms with van der Waals surface area (Å²) in [5.74, 6) is 1.66. The Bertz CT molecular complexity index is 623. The lowest BCUT2D eigenvalue weighted by atomic mass is 10.1. The molecule has 5 nitrogen and oxygen atoms in total. The van der Waals surface area contributed by atoms with Gasteiger partial charge in [0.15, 0.2) is 15.5 Å². The number of nitrogens with one attached hydrogen (secondary N) is 2. The van der Waals surface area contributed by atoms with Crippen molar-refractivity contribution in [3.63, 3.8) is 0 Å². The Morgan fingerprint density at radius 1 is 1.32 bits per heavy atom. The normalized spacial score (nSPS) is 13.3. The van der Waals surface area contributed by atoms with Gasteiger partial charge in [-0.3, -0.25) is 5.10 Å². The van der Waals surface area contributed by atoms with E-state index in [1.54, 1.807) is 0 Å². The highest BCUT2D eigenvalue weighted by Gasteiger charge is 2.11. The zero-order valence-corrected chi connectivity index (χ0v) is 11.8. The van der Waals surface area contributed by atoms with Crippen LogP contribution in [0.2, 0.25) is 0 Å². The van der Waals surface area contributed by atoms with Crippen LogP contribution in [0.5, 0.6) is 11.5 Å². The number of nitrogens with zero attached hydrogens (tertiary/aromatic N) is 1. The molecule has 0 atom stereocenters. The maximum atomic E-state index is 5.56. The molecule has 3 rings (SSSR count). The van der Waals surface area contributed by atoms with Crippen molar-refractivity contribution >= 4 is 28.7 Å². The van der Waals surface area contributed by atoms with Gasteiger partial charge >= 0.3 is 0 Å². The smallest absolute Gasteiger partial charge is 0.204 e. The number of benzene rings is 1. The Morgan fingerprint density at radius 2 is 2.16 bits per heavy atom. The maximum absolute atomic E-state index is 5.56. The second-order valence-electron chi connectivity index (χ2n) is 4.07. The largest absolute Gasteiger partial charge is 0.486 e. The zero-order valence-electron chi connectivity index (χ0n) is 10.1. The molecule has 1 aliphatic heterocycles. The third-order valence-corrected chi connectivity index (χ3v) is 3.78. The molecule has 0 saturated heterocycles. The van der Waals surface area contributed by atoms with Crippen molar-refractivity contribution in [2.45, 2.75) is 6.42 Å². The van der Waals surface area contributed by atoms with E-state index in [0.29, 0.717) is 17.2 Å². The number of aromatic amines is 1. The second-order valence-corrected chi connectivity index (χ2v) is 5.74. The van der Waals surface area contributed by atoms with Crippen LogP contribution in [0.15, 0.2) is 18.2 Å². The van der Waals surface area contributed by atoms with Crippen molar-refractivity contribution in [3.8, 4) is 11.5 Å². The van der Waals surface area contributed by atoms with E-state index in [4.69, 9.17) is 21.7 Å². The average molecular weight is 295 g/mol. The predicted octanol–water partition coefficient (Wildman–Crippen LogP) is 2.63. The van der Waals surface area contributed by atoms with Crippen LogP contribution in [-0.4, -0.2) is 30.0 Å². The van der Waals surface area contributed by atoms with Crippen molar-refractivity contribution in [2.75, 3.05) is 25.1 Å². The first-order valence-corrected chi connectivity index (χ1v) is 7.22. The van der Waals surface area contributed by atoms with Gasteiger partial charge in [0.1, 0.15) is 13.2 Å².